The van der Waals surface area contributed by atoms with Gasteiger partial charge in [0.1, 0.15) is 22.0 Å². The summed E-state index contributed by atoms with van der Waals surface area (Å²) in [5, 5.41) is 0. The van der Waals surface area contributed by atoms with Gasteiger partial charge in [0.25, 0.3) is 0 Å². The minimum atomic E-state index is -0.740. The molecule has 7 nitrogen and oxygen atoms in total. The Bertz CT molecular complexity index is 756. The van der Waals surface area contributed by atoms with Crippen LogP contribution in [0.3, 0.4) is 0 Å². The number of imidazole rings is 1. The third kappa shape index (κ3) is 3.79. The molecule has 136 valence electrons. The maximum absolute atomic E-state index is 11.1. The number of ether oxygens (including phenoxy) is 2. The number of fused-ring (bicyclic) bond motifs is 1. The first-order valence-electron chi connectivity index (χ1n) is 8.45. The third-order valence-corrected chi connectivity index (χ3v) is 5.54. The van der Waals surface area contributed by atoms with E-state index < -0.39 is 6.09 Å². The lowest BCUT2D eigenvalue weighted by Gasteiger charge is -2.32. The summed E-state index contributed by atoms with van der Waals surface area (Å²) in [6.45, 7) is 2.36. The number of hydrogen-bond donors (Lipinski definition) is 1. The molecule has 1 atom stereocenters. The molecular formula is C17H23BrN4O3. The van der Waals surface area contributed by atoms with Crippen molar-refractivity contribution in [3.8, 4) is 0 Å². The predicted molar refractivity (Wildman–Crippen MR) is 96.5 cm³/mol. The van der Waals surface area contributed by atoms with Gasteiger partial charge < -0.3 is 15.2 Å². The number of hydrogen-bond acceptors (Lipinski definition) is 5. The van der Waals surface area contributed by atoms with Gasteiger partial charge in [-0.3, -0.25) is 9.38 Å². The summed E-state index contributed by atoms with van der Waals surface area (Å²) in [4.78, 5) is 20.2. The first kappa shape index (κ1) is 18.1. The molecule has 25 heavy (non-hydrogen) atoms. The molecular weight excluding hydrogens is 388 g/mol. The minimum Gasteiger partial charge on any atom is -0.444 e. The van der Waals surface area contributed by atoms with E-state index in [0.717, 1.165) is 47.3 Å². The Morgan fingerprint density at radius 1 is 1.44 bits per heavy atom. The van der Waals surface area contributed by atoms with Crippen molar-refractivity contribution in [3.05, 3.63) is 28.5 Å². The number of aryl methyl sites for hydroxylation is 1. The molecule has 3 rings (SSSR count). The normalized spacial score (nSPS) is 22.0. The molecule has 2 heterocycles. The lowest BCUT2D eigenvalue weighted by Crippen LogP contribution is -2.35. The predicted octanol–water partition coefficient (Wildman–Crippen LogP) is 3.18. The van der Waals surface area contributed by atoms with Crippen molar-refractivity contribution in [2.75, 3.05) is 13.7 Å². The SMILES string of the molecule is COCC(OC(N)=O)C1CCC(c2nc(Br)c3c(C)nccn23)CC1. The molecule has 0 aliphatic heterocycles. The number of nitrogens with zero attached hydrogens (tertiary/aromatic N) is 3. The fraction of sp³-hybridized carbons (Fsp3) is 0.588. The molecule has 2 aromatic rings. The van der Waals surface area contributed by atoms with Crippen LogP contribution in [0, 0.1) is 12.8 Å². The minimum absolute atomic E-state index is 0.266. The van der Waals surface area contributed by atoms with Crippen LogP contribution >= 0.6 is 15.9 Å². The Balaban J connectivity index is 1.74. The second-order valence-corrected chi connectivity index (χ2v) is 7.29. The Kier molecular flexibility index (Phi) is 5.58. The number of primary amides is 1. The number of nitrogens with two attached hydrogens (primary N) is 1. The highest BCUT2D eigenvalue weighted by molar-refractivity contribution is 9.10. The standard InChI is InChI=1S/C17H23BrN4O3/c1-10-14-15(18)21-16(22(14)8-7-20-10)12-5-3-11(4-6-12)13(9-24-2)25-17(19)23/h7-8,11-13H,3-6,9H2,1-2H3,(H2,19,23). The van der Waals surface area contributed by atoms with Crippen LogP contribution < -0.4 is 5.73 Å². The van der Waals surface area contributed by atoms with E-state index >= 15 is 0 Å². The largest absolute Gasteiger partial charge is 0.444 e. The average Bonchev–Trinajstić information content (AvgIpc) is 2.92. The molecule has 0 spiro atoms. The van der Waals surface area contributed by atoms with Gasteiger partial charge in [-0.2, -0.15) is 0 Å². The lowest BCUT2D eigenvalue weighted by molar-refractivity contribution is -0.00103. The summed E-state index contributed by atoms with van der Waals surface area (Å²) >= 11 is 3.56. The molecule has 1 aliphatic rings. The van der Waals surface area contributed by atoms with Gasteiger partial charge in [-0.05, 0) is 54.5 Å². The van der Waals surface area contributed by atoms with E-state index in [2.05, 4.69) is 25.3 Å². The van der Waals surface area contributed by atoms with Crippen molar-refractivity contribution < 1.29 is 14.3 Å². The van der Waals surface area contributed by atoms with Crippen LogP contribution in [-0.4, -0.2) is 40.3 Å². The van der Waals surface area contributed by atoms with E-state index in [-0.39, 0.29) is 12.0 Å². The lowest BCUT2D eigenvalue weighted by atomic mass is 9.79. The Morgan fingerprint density at radius 2 is 2.16 bits per heavy atom. The number of methoxy groups -OCH3 is 1. The van der Waals surface area contributed by atoms with E-state index in [4.69, 9.17) is 20.2 Å². The molecule has 2 N–H and O–H groups in total. The van der Waals surface area contributed by atoms with Gasteiger partial charge in [0, 0.05) is 25.4 Å². The summed E-state index contributed by atoms with van der Waals surface area (Å²) in [6, 6.07) is 0. The number of aromatic nitrogens is 3. The van der Waals surface area contributed by atoms with Crippen molar-refractivity contribution >= 4 is 27.5 Å². The van der Waals surface area contributed by atoms with Crippen LogP contribution in [0.5, 0.6) is 0 Å². The monoisotopic (exact) mass is 410 g/mol. The molecule has 1 fully saturated rings. The Labute approximate surface area is 155 Å². The maximum Gasteiger partial charge on any atom is 0.404 e. The van der Waals surface area contributed by atoms with Gasteiger partial charge in [0.05, 0.1) is 12.3 Å². The molecule has 0 saturated heterocycles. The molecule has 0 bridgehead atoms. The smallest absolute Gasteiger partial charge is 0.404 e. The maximum atomic E-state index is 11.1. The average molecular weight is 411 g/mol. The molecule has 1 aliphatic carbocycles. The fourth-order valence-corrected chi connectivity index (χ4v) is 4.45. The highest BCUT2D eigenvalue weighted by Crippen LogP contribution is 2.38. The van der Waals surface area contributed by atoms with Gasteiger partial charge in [0.2, 0.25) is 0 Å². The van der Waals surface area contributed by atoms with Crippen molar-refractivity contribution in [1.82, 2.24) is 14.4 Å². The number of halogens is 1. The summed E-state index contributed by atoms with van der Waals surface area (Å²) in [7, 11) is 1.60. The van der Waals surface area contributed by atoms with Crippen LogP contribution in [0.1, 0.15) is 43.1 Å². The first-order valence-corrected chi connectivity index (χ1v) is 9.24. The zero-order valence-electron chi connectivity index (χ0n) is 14.4. The summed E-state index contributed by atoms with van der Waals surface area (Å²) in [5.74, 6) is 1.69. The zero-order valence-corrected chi connectivity index (χ0v) is 16.0. The zero-order chi connectivity index (χ0) is 18.0. The van der Waals surface area contributed by atoms with Crippen molar-refractivity contribution in [1.29, 1.82) is 0 Å². The van der Waals surface area contributed by atoms with Crippen LogP contribution in [-0.2, 0) is 9.47 Å². The number of amides is 1. The molecule has 1 saturated carbocycles. The molecule has 1 unspecified atom stereocenters. The molecule has 8 heteroatoms. The highest BCUT2D eigenvalue weighted by Gasteiger charge is 2.32. The highest BCUT2D eigenvalue weighted by atomic mass is 79.9. The third-order valence-electron chi connectivity index (χ3n) is 4.98. The van der Waals surface area contributed by atoms with Crippen molar-refractivity contribution in [2.24, 2.45) is 11.7 Å². The number of carbonyl (C=O) groups is 1. The second-order valence-electron chi connectivity index (χ2n) is 6.53. The first-order chi connectivity index (χ1) is 12.0. The van der Waals surface area contributed by atoms with Crippen molar-refractivity contribution in [2.45, 2.75) is 44.6 Å². The van der Waals surface area contributed by atoms with Gasteiger partial charge >= 0.3 is 6.09 Å². The molecule has 0 aromatic carbocycles. The summed E-state index contributed by atoms with van der Waals surface area (Å²) in [5.41, 5.74) is 7.16. The van der Waals surface area contributed by atoms with E-state index in [1.807, 2.05) is 13.1 Å². The fourth-order valence-electron chi connectivity index (χ4n) is 3.79. The van der Waals surface area contributed by atoms with E-state index in [1.165, 1.54) is 0 Å². The van der Waals surface area contributed by atoms with Crippen LogP contribution in [0.25, 0.3) is 5.52 Å². The van der Waals surface area contributed by atoms with E-state index in [1.54, 1.807) is 13.3 Å². The van der Waals surface area contributed by atoms with Crippen molar-refractivity contribution in [3.63, 3.8) is 0 Å². The number of rotatable bonds is 5. The van der Waals surface area contributed by atoms with Crippen LogP contribution in [0.15, 0.2) is 17.0 Å². The van der Waals surface area contributed by atoms with Gasteiger partial charge in [-0.1, -0.05) is 0 Å². The number of carbonyl (C=O) groups excluding carboxylic acids is 1. The molecule has 0 radical (unpaired) electrons. The topological polar surface area (TPSA) is 91.7 Å². The Morgan fingerprint density at radius 3 is 2.80 bits per heavy atom. The summed E-state index contributed by atoms with van der Waals surface area (Å²) < 4.78 is 13.4. The summed E-state index contributed by atoms with van der Waals surface area (Å²) in [6.07, 6.45) is 6.62. The molecule has 1 amide bonds. The van der Waals surface area contributed by atoms with E-state index in [0.29, 0.717) is 12.5 Å². The quantitative estimate of drug-likeness (QED) is 0.816. The Hall–Kier alpha value is -1.67. The second kappa shape index (κ2) is 7.70. The van der Waals surface area contributed by atoms with Gasteiger partial charge in [-0.15, -0.1) is 0 Å². The van der Waals surface area contributed by atoms with E-state index in [9.17, 15) is 4.79 Å². The molecule has 2 aromatic heterocycles. The van der Waals surface area contributed by atoms with Gasteiger partial charge in [0.15, 0.2) is 0 Å². The van der Waals surface area contributed by atoms with Gasteiger partial charge in [-0.25, -0.2) is 9.78 Å². The van der Waals surface area contributed by atoms with Crippen LogP contribution in [0.4, 0.5) is 4.79 Å². The van der Waals surface area contributed by atoms with Crippen LogP contribution in [0.2, 0.25) is 0 Å².